The standard InChI is InChI=1S/C20H27N3O/c1-17-6-8-19(9-7-17)22-15-13-21(14-16-22)10-4-12-23-11-3-5-20(23)18(2)24/h3,5-9,11H,4,10,12-16H2,1-2H3. The first-order valence-electron chi connectivity index (χ1n) is 8.83. The van der Waals surface area contributed by atoms with E-state index >= 15 is 0 Å². The van der Waals surface area contributed by atoms with Crippen molar-refractivity contribution in [3.63, 3.8) is 0 Å². The molecule has 0 radical (unpaired) electrons. The van der Waals surface area contributed by atoms with Crippen LogP contribution in [-0.4, -0.2) is 48.0 Å². The summed E-state index contributed by atoms with van der Waals surface area (Å²) >= 11 is 0. The molecule has 1 aromatic carbocycles. The Morgan fingerprint density at radius 1 is 1.00 bits per heavy atom. The smallest absolute Gasteiger partial charge is 0.176 e. The summed E-state index contributed by atoms with van der Waals surface area (Å²) in [7, 11) is 0. The van der Waals surface area contributed by atoms with Gasteiger partial charge in [-0.3, -0.25) is 9.69 Å². The van der Waals surface area contributed by atoms with Crippen molar-refractivity contribution < 1.29 is 4.79 Å². The SMILES string of the molecule is CC(=O)c1cccn1CCCN1CCN(c2ccc(C)cc2)CC1. The van der Waals surface area contributed by atoms with Crippen LogP contribution >= 0.6 is 0 Å². The van der Waals surface area contributed by atoms with Gasteiger partial charge in [0, 0.05) is 51.5 Å². The molecule has 1 aliphatic heterocycles. The van der Waals surface area contributed by atoms with Gasteiger partial charge in [-0.1, -0.05) is 17.7 Å². The van der Waals surface area contributed by atoms with E-state index in [0.717, 1.165) is 51.4 Å². The molecule has 4 nitrogen and oxygen atoms in total. The lowest BCUT2D eigenvalue weighted by molar-refractivity contribution is 0.100. The number of Topliss-reactive ketones (excluding diaryl/α,β-unsaturated/α-hetero) is 1. The molecule has 0 bridgehead atoms. The molecule has 0 atom stereocenters. The van der Waals surface area contributed by atoms with E-state index in [1.807, 2.05) is 18.3 Å². The molecule has 0 spiro atoms. The van der Waals surface area contributed by atoms with Crippen LogP contribution in [-0.2, 0) is 6.54 Å². The molecule has 128 valence electrons. The van der Waals surface area contributed by atoms with Crippen LogP contribution < -0.4 is 4.90 Å². The number of rotatable bonds is 6. The van der Waals surface area contributed by atoms with Gasteiger partial charge in [0.25, 0.3) is 0 Å². The lowest BCUT2D eigenvalue weighted by Crippen LogP contribution is -2.46. The van der Waals surface area contributed by atoms with E-state index < -0.39 is 0 Å². The Kier molecular flexibility index (Phi) is 5.36. The van der Waals surface area contributed by atoms with Crippen LogP contribution in [0.25, 0.3) is 0 Å². The molecule has 0 N–H and O–H groups in total. The minimum atomic E-state index is 0.145. The van der Waals surface area contributed by atoms with E-state index in [1.54, 1.807) is 6.92 Å². The van der Waals surface area contributed by atoms with Crippen molar-refractivity contribution >= 4 is 11.5 Å². The molecule has 0 aliphatic carbocycles. The Balaban J connectivity index is 1.43. The maximum atomic E-state index is 11.5. The molecule has 1 aromatic heterocycles. The van der Waals surface area contributed by atoms with Crippen molar-refractivity contribution in [3.8, 4) is 0 Å². The molecule has 1 fully saturated rings. The second kappa shape index (κ2) is 7.67. The first-order chi connectivity index (χ1) is 11.6. The van der Waals surface area contributed by atoms with E-state index in [-0.39, 0.29) is 5.78 Å². The molecule has 0 unspecified atom stereocenters. The predicted molar refractivity (Wildman–Crippen MR) is 98.9 cm³/mol. The van der Waals surface area contributed by atoms with Crippen LogP contribution in [0.2, 0.25) is 0 Å². The number of piperazine rings is 1. The first kappa shape index (κ1) is 16.8. The first-order valence-corrected chi connectivity index (χ1v) is 8.83. The summed E-state index contributed by atoms with van der Waals surface area (Å²) in [5, 5.41) is 0. The number of carbonyl (C=O) groups is 1. The number of aromatic nitrogens is 1. The second-order valence-corrected chi connectivity index (χ2v) is 6.66. The van der Waals surface area contributed by atoms with Crippen molar-refractivity contribution in [1.82, 2.24) is 9.47 Å². The molecule has 1 aliphatic rings. The van der Waals surface area contributed by atoms with Gasteiger partial charge in [-0.15, -0.1) is 0 Å². The molecular formula is C20H27N3O. The maximum absolute atomic E-state index is 11.5. The number of benzene rings is 1. The number of anilines is 1. The molecule has 3 rings (SSSR count). The van der Waals surface area contributed by atoms with Crippen molar-refractivity contribution in [2.75, 3.05) is 37.6 Å². The molecule has 0 amide bonds. The predicted octanol–water partition coefficient (Wildman–Crippen LogP) is 3.21. The summed E-state index contributed by atoms with van der Waals surface area (Å²) in [5.41, 5.74) is 3.46. The van der Waals surface area contributed by atoms with E-state index in [2.05, 4.69) is 45.6 Å². The number of hydrogen-bond acceptors (Lipinski definition) is 3. The summed E-state index contributed by atoms with van der Waals surface area (Å²) in [5.74, 6) is 0.145. The third kappa shape index (κ3) is 4.06. The Hall–Kier alpha value is -2.07. The van der Waals surface area contributed by atoms with E-state index in [0.29, 0.717) is 0 Å². The fourth-order valence-corrected chi connectivity index (χ4v) is 3.38. The van der Waals surface area contributed by atoms with Crippen molar-refractivity contribution in [3.05, 3.63) is 53.9 Å². The number of aryl methyl sites for hydroxylation is 2. The Morgan fingerprint density at radius 3 is 2.38 bits per heavy atom. The third-order valence-electron chi connectivity index (χ3n) is 4.84. The minimum Gasteiger partial charge on any atom is -0.369 e. The van der Waals surface area contributed by atoms with Crippen molar-refractivity contribution in [2.45, 2.75) is 26.8 Å². The molecular weight excluding hydrogens is 298 g/mol. The average Bonchev–Trinajstić information content (AvgIpc) is 3.05. The maximum Gasteiger partial charge on any atom is 0.176 e. The van der Waals surface area contributed by atoms with Crippen molar-refractivity contribution in [2.24, 2.45) is 0 Å². The molecule has 0 saturated carbocycles. The van der Waals surface area contributed by atoms with Crippen LogP contribution in [0, 0.1) is 6.92 Å². The molecule has 4 heteroatoms. The quantitative estimate of drug-likeness (QED) is 0.764. The molecule has 2 aromatic rings. The van der Waals surface area contributed by atoms with Crippen LogP contribution in [0.3, 0.4) is 0 Å². The summed E-state index contributed by atoms with van der Waals surface area (Å²) in [6.45, 7) is 10.2. The number of ketones is 1. The van der Waals surface area contributed by atoms with Gasteiger partial charge in [0.2, 0.25) is 0 Å². The summed E-state index contributed by atoms with van der Waals surface area (Å²) in [6, 6.07) is 12.7. The monoisotopic (exact) mass is 325 g/mol. The highest BCUT2D eigenvalue weighted by molar-refractivity contribution is 5.92. The number of hydrogen-bond donors (Lipinski definition) is 0. The number of carbonyl (C=O) groups excluding carboxylic acids is 1. The van der Waals surface area contributed by atoms with Crippen LogP contribution in [0.5, 0.6) is 0 Å². The lowest BCUT2D eigenvalue weighted by atomic mass is 10.2. The average molecular weight is 325 g/mol. The molecule has 1 saturated heterocycles. The van der Waals surface area contributed by atoms with Gasteiger partial charge in [-0.25, -0.2) is 0 Å². The highest BCUT2D eigenvalue weighted by Gasteiger charge is 2.16. The number of nitrogens with zero attached hydrogens (tertiary/aromatic N) is 3. The molecule has 24 heavy (non-hydrogen) atoms. The highest BCUT2D eigenvalue weighted by atomic mass is 16.1. The topological polar surface area (TPSA) is 28.5 Å². The fourth-order valence-electron chi connectivity index (χ4n) is 3.38. The summed E-state index contributed by atoms with van der Waals surface area (Å²) in [4.78, 5) is 16.5. The Morgan fingerprint density at radius 2 is 1.71 bits per heavy atom. The lowest BCUT2D eigenvalue weighted by Gasteiger charge is -2.36. The van der Waals surface area contributed by atoms with Crippen LogP contribution in [0.15, 0.2) is 42.6 Å². The zero-order valence-corrected chi connectivity index (χ0v) is 14.7. The van der Waals surface area contributed by atoms with Gasteiger partial charge in [-0.2, -0.15) is 0 Å². The van der Waals surface area contributed by atoms with Gasteiger partial charge >= 0.3 is 0 Å². The van der Waals surface area contributed by atoms with Crippen LogP contribution in [0.1, 0.15) is 29.4 Å². The van der Waals surface area contributed by atoms with E-state index in [1.165, 1.54) is 11.3 Å². The summed E-state index contributed by atoms with van der Waals surface area (Å²) in [6.07, 6.45) is 3.09. The normalized spacial score (nSPS) is 15.7. The third-order valence-corrected chi connectivity index (χ3v) is 4.84. The van der Waals surface area contributed by atoms with Crippen LogP contribution in [0.4, 0.5) is 5.69 Å². The van der Waals surface area contributed by atoms with Crippen molar-refractivity contribution in [1.29, 1.82) is 0 Å². The molecule has 2 heterocycles. The fraction of sp³-hybridized carbons (Fsp3) is 0.450. The van der Waals surface area contributed by atoms with Gasteiger partial charge in [-0.05, 0) is 44.2 Å². The zero-order chi connectivity index (χ0) is 16.9. The van der Waals surface area contributed by atoms with Gasteiger partial charge in [0.15, 0.2) is 5.78 Å². The zero-order valence-electron chi connectivity index (χ0n) is 14.7. The Bertz CT molecular complexity index is 666. The largest absolute Gasteiger partial charge is 0.369 e. The van der Waals surface area contributed by atoms with E-state index in [4.69, 9.17) is 0 Å². The van der Waals surface area contributed by atoms with Gasteiger partial charge < -0.3 is 9.47 Å². The summed E-state index contributed by atoms with van der Waals surface area (Å²) < 4.78 is 2.07. The van der Waals surface area contributed by atoms with Gasteiger partial charge in [0.1, 0.15) is 0 Å². The Labute approximate surface area is 144 Å². The van der Waals surface area contributed by atoms with Gasteiger partial charge in [0.05, 0.1) is 5.69 Å². The van der Waals surface area contributed by atoms with E-state index in [9.17, 15) is 4.79 Å². The second-order valence-electron chi connectivity index (χ2n) is 6.66. The highest BCUT2D eigenvalue weighted by Crippen LogP contribution is 2.17. The minimum absolute atomic E-state index is 0.145.